The Kier molecular flexibility index (Phi) is 5.88. The summed E-state index contributed by atoms with van der Waals surface area (Å²) < 4.78 is 15.3. The molecule has 1 aromatic heterocycles. The number of rotatable bonds is 5. The lowest BCUT2D eigenvalue weighted by molar-refractivity contribution is -0.113. The zero-order valence-corrected chi connectivity index (χ0v) is 16.5. The molecule has 1 amide bonds. The van der Waals surface area contributed by atoms with Crippen molar-refractivity contribution in [3.05, 3.63) is 63.7 Å². The van der Waals surface area contributed by atoms with Crippen molar-refractivity contribution in [3.63, 3.8) is 0 Å². The lowest BCUT2D eigenvalue weighted by Gasteiger charge is -2.05. The van der Waals surface area contributed by atoms with Crippen molar-refractivity contribution in [2.45, 2.75) is 11.3 Å². The van der Waals surface area contributed by atoms with Crippen molar-refractivity contribution in [3.8, 4) is 11.3 Å². The number of amides is 1. The van der Waals surface area contributed by atoms with Gasteiger partial charge in [0, 0.05) is 21.1 Å². The van der Waals surface area contributed by atoms with Crippen LogP contribution in [0.4, 0.5) is 10.1 Å². The molecule has 128 valence electrons. The molecule has 0 fully saturated rings. The molecular formula is C18H14BrFN2OS2. The van der Waals surface area contributed by atoms with E-state index in [0.717, 1.165) is 20.1 Å². The summed E-state index contributed by atoms with van der Waals surface area (Å²) in [6.45, 7) is 1.68. The summed E-state index contributed by atoms with van der Waals surface area (Å²) in [6.07, 6.45) is 0. The molecule has 3 aromatic rings. The van der Waals surface area contributed by atoms with Crippen LogP contribution in [0.25, 0.3) is 11.3 Å². The highest BCUT2D eigenvalue weighted by atomic mass is 79.9. The van der Waals surface area contributed by atoms with Crippen molar-refractivity contribution in [2.24, 2.45) is 0 Å². The minimum absolute atomic E-state index is 0.186. The number of thioether (sulfide) groups is 1. The largest absolute Gasteiger partial charge is 0.325 e. The monoisotopic (exact) mass is 436 g/mol. The van der Waals surface area contributed by atoms with Crippen LogP contribution >= 0.6 is 39.0 Å². The Morgan fingerprint density at radius 1 is 1.28 bits per heavy atom. The highest BCUT2D eigenvalue weighted by Gasteiger charge is 2.09. The number of hydrogen-bond donors (Lipinski definition) is 1. The van der Waals surface area contributed by atoms with Gasteiger partial charge in [0.15, 0.2) is 4.34 Å². The van der Waals surface area contributed by atoms with Crippen molar-refractivity contribution in [1.29, 1.82) is 0 Å². The number of anilines is 1. The number of halogens is 2. The summed E-state index contributed by atoms with van der Waals surface area (Å²) in [5, 5.41) is 4.67. The molecule has 0 saturated heterocycles. The van der Waals surface area contributed by atoms with Crippen molar-refractivity contribution < 1.29 is 9.18 Å². The number of aromatic nitrogens is 1. The number of nitrogens with zero attached hydrogens (tertiary/aromatic N) is 1. The highest BCUT2D eigenvalue weighted by Crippen LogP contribution is 2.29. The van der Waals surface area contributed by atoms with Gasteiger partial charge in [0.1, 0.15) is 5.82 Å². The predicted octanol–water partition coefficient (Wildman–Crippen LogP) is 5.75. The predicted molar refractivity (Wildman–Crippen MR) is 106 cm³/mol. The fourth-order valence-electron chi connectivity index (χ4n) is 2.07. The SMILES string of the molecule is Cc1ccc(NC(=O)CSc2nc(-c3ccc(Br)cc3)cs2)cc1F. The van der Waals surface area contributed by atoms with Gasteiger partial charge in [-0.25, -0.2) is 9.37 Å². The molecular weight excluding hydrogens is 423 g/mol. The van der Waals surface area contributed by atoms with Gasteiger partial charge >= 0.3 is 0 Å². The Morgan fingerprint density at radius 3 is 2.76 bits per heavy atom. The molecule has 0 aliphatic rings. The molecule has 0 unspecified atom stereocenters. The molecule has 0 spiro atoms. The Labute approximate surface area is 161 Å². The average Bonchev–Trinajstić information content (AvgIpc) is 3.06. The fourth-order valence-corrected chi connectivity index (χ4v) is 3.97. The van der Waals surface area contributed by atoms with Crippen LogP contribution in [0, 0.1) is 12.7 Å². The van der Waals surface area contributed by atoms with Crippen LogP contribution in [0.3, 0.4) is 0 Å². The highest BCUT2D eigenvalue weighted by molar-refractivity contribution is 9.10. The normalized spacial score (nSPS) is 10.7. The van der Waals surface area contributed by atoms with Gasteiger partial charge in [0.05, 0.1) is 11.4 Å². The Hall–Kier alpha value is -1.70. The van der Waals surface area contributed by atoms with E-state index in [1.807, 2.05) is 29.6 Å². The van der Waals surface area contributed by atoms with E-state index >= 15 is 0 Å². The maximum Gasteiger partial charge on any atom is 0.234 e. The van der Waals surface area contributed by atoms with Gasteiger partial charge in [-0.15, -0.1) is 11.3 Å². The van der Waals surface area contributed by atoms with Crippen LogP contribution in [0.5, 0.6) is 0 Å². The summed E-state index contributed by atoms with van der Waals surface area (Å²) in [5.41, 5.74) is 2.94. The number of benzene rings is 2. The lowest BCUT2D eigenvalue weighted by Crippen LogP contribution is -2.14. The van der Waals surface area contributed by atoms with E-state index < -0.39 is 0 Å². The van der Waals surface area contributed by atoms with E-state index in [0.29, 0.717) is 11.3 Å². The van der Waals surface area contributed by atoms with E-state index in [4.69, 9.17) is 0 Å². The quantitative estimate of drug-likeness (QED) is 0.517. The number of thiazole rings is 1. The van der Waals surface area contributed by atoms with Gasteiger partial charge in [-0.05, 0) is 36.8 Å². The van der Waals surface area contributed by atoms with Crippen molar-refractivity contribution >= 4 is 50.6 Å². The number of hydrogen-bond acceptors (Lipinski definition) is 4. The molecule has 0 aliphatic heterocycles. The standard InChI is InChI=1S/C18H14BrFN2OS2/c1-11-2-7-14(8-15(11)20)21-17(23)10-25-18-22-16(9-24-18)12-3-5-13(19)6-4-12/h2-9H,10H2,1H3,(H,21,23). The van der Waals surface area contributed by atoms with Gasteiger partial charge in [0.25, 0.3) is 0 Å². The third kappa shape index (κ3) is 4.90. The van der Waals surface area contributed by atoms with Gasteiger partial charge in [-0.3, -0.25) is 4.79 Å². The second-order valence-corrected chi connectivity index (χ2v) is 8.30. The second-order valence-electron chi connectivity index (χ2n) is 5.31. The molecule has 0 bridgehead atoms. The van der Waals surface area contributed by atoms with E-state index in [2.05, 4.69) is 26.2 Å². The summed E-state index contributed by atoms with van der Waals surface area (Å²) in [5.74, 6) is -0.291. The lowest BCUT2D eigenvalue weighted by atomic mass is 10.2. The van der Waals surface area contributed by atoms with Crippen molar-refractivity contribution in [1.82, 2.24) is 4.98 Å². The minimum Gasteiger partial charge on any atom is -0.325 e. The molecule has 0 saturated carbocycles. The zero-order chi connectivity index (χ0) is 17.8. The summed E-state index contributed by atoms with van der Waals surface area (Å²) in [4.78, 5) is 16.6. The van der Waals surface area contributed by atoms with E-state index in [1.54, 1.807) is 19.1 Å². The van der Waals surface area contributed by atoms with Gasteiger partial charge < -0.3 is 5.32 Å². The second kappa shape index (κ2) is 8.12. The van der Waals surface area contributed by atoms with Crippen LogP contribution in [0.15, 0.2) is 56.7 Å². The first kappa shape index (κ1) is 18.1. The van der Waals surface area contributed by atoms with Crippen molar-refractivity contribution in [2.75, 3.05) is 11.1 Å². The number of aryl methyl sites for hydroxylation is 1. The summed E-state index contributed by atoms with van der Waals surface area (Å²) in [7, 11) is 0. The van der Waals surface area contributed by atoms with Gasteiger partial charge in [-0.1, -0.05) is 45.9 Å². The van der Waals surface area contributed by atoms with E-state index in [1.165, 1.54) is 29.2 Å². The molecule has 0 radical (unpaired) electrons. The smallest absolute Gasteiger partial charge is 0.234 e. The molecule has 25 heavy (non-hydrogen) atoms. The number of nitrogens with one attached hydrogen (secondary N) is 1. The Balaban J connectivity index is 1.57. The van der Waals surface area contributed by atoms with Crippen LogP contribution < -0.4 is 5.32 Å². The number of carbonyl (C=O) groups excluding carboxylic acids is 1. The molecule has 0 atom stereocenters. The molecule has 3 nitrogen and oxygen atoms in total. The van der Waals surface area contributed by atoms with E-state index in [9.17, 15) is 9.18 Å². The fraction of sp³-hybridized carbons (Fsp3) is 0.111. The summed E-state index contributed by atoms with van der Waals surface area (Å²) in [6, 6.07) is 12.6. The average molecular weight is 437 g/mol. The minimum atomic E-state index is -0.329. The molecule has 3 rings (SSSR count). The maximum atomic E-state index is 13.5. The first-order chi connectivity index (χ1) is 12.0. The maximum absolute atomic E-state index is 13.5. The van der Waals surface area contributed by atoms with E-state index in [-0.39, 0.29) is 17.5 Å². The van der Waals surface area contributed by atoms with Crippen LogP contribution in [0.1, 0.15) is 5.56 Å². The molecule has 0 aliphatic carbocycles. The first-order valence-corrected chi connectivity index (χ1v) is 10.1. The third-order valence-corrected chi connectivity index (χ3v) is 5.96. The molecule has 1 N–H and O–H groups in total. The zero-order valence-electron chi connectivity index (χ0n) is 13.3. The molecule has 1 heterocycles. The van der Waals surface area contributed by atoms with Gasteiger partial charge in [0.2, 0.25) is 5.91 Å². The Morgan fingerprint density at radius 2 is 2.04 bits per heavy atom. The summed E-state index contributed by atoms with van der Waals surface area (Å²) >= 11 is 6.28. The third-order valence-electron chi connectivity index (χ3n) is 3.41. The topological polar surface area (TPSA) is 42.0 Å². The van der Waals surface area contributed by atoms with Gasteiger partial charge in [-0.2, -0.15) is 0 Å². The Bertz CT molecular complexity index is 896. The number of carbonyl (C=O) groups is 1. The molecule has 7 heteroatoms. The van der Waals surface area contributed by atoms with Crippen LogP contribution in [-0.4, -0.2) is 16.6 Å². The first-order valence-electron chi connectivity index (χ1n) is 7.41. The van der Waals surface area contributed by atoms with Crippen LogP contribution in [-0.2, 0) is 4.79 Å². The van der Waals surface area contributed by atoms with Crippen LogP contribution in [0.2, 0.25) is 0 Å². The molecule has 2 aromatic carbocycles.